The fourth-order valence-corrected chi connectivity index (χ4v) is 5.02. The van der Waals surface area contributed by atoms with E-state index in [2.05, 4.69) is 55.7 Å². The molecule has 1 fully saturated rings. The number of pyridine rings is 1. The average Bonchev–Trinajstić information content (AvgIpc) is 3.63. The van der Waals surface area contributed by atoms with Crippen LogP contribution in [0.3, 0.4) is 0 Å². The second-order valence-corrected chi connectivity index (χ2v) is 10.2. The number of likely N-dealkylation sites (tertiary alicyclic amines) is 1. The SMILES string of the molecule is CC(C)Nc1cc(Nc2ccc3ncsc3c2)ncc1-c1nc(C(=O)NCCCN2CCCC2)co1. The van der Waals surface area contributed by atoms with Crippen molar-refractivity contribution in [2.24, 2.45) is 0 Å². The Morgan fingerprint density at radius 2 is 2.06 bits per heavy atom. The van der Waals surface area contributed by atoms with Crippen LogP contribution in [0, 0.1) is 0 Å². The molecule has 9 nitrogen and oxygen atoms in total. The fraction of sp³-hybridized carbons (Fsp3) is 0.385. The highest BCUT2D eigenvalue weighted by Crippen LogP contribution is 2.31. The first kappa shape index (κ1) is 24.2. The number of amides is 1. The molecule has 0 saturated carbocycles. The van der Waals surface area contributed by atoms with Gasteiger partial charge in [0.15, 0.2) is 5.69 Å². The van der Waals surface area contributed by atoms with E-state index >= 15 is 0 Å². The first-order valence-electron chi connectivity index (χ1n) is 12.4. The van der Waals surface area contributed by atoms with Gasteiger partial charge in [-0.05, 0) is 70.9 Å². The summed E-state index contributed by atoms with van der Waals surface area (Å²) in [5.41, 5.74) is 5.53. The summed E-state index contributed by atoms with van der Waals surface area (Å²) >= 11 is 1.60. The van der Waals surface area contributed by atoms with Gasteiger partial charge in [-0.1, -0.05) is 0 Å². The second-order valence-electron chi connectivity index (χ2n) is 9.27. The van der Waals surface area contributed by atoms with E-state index in [-0.39, 0.29) is 17.6 Å². The van der Waals surface area contributed by atoms with Gasteiger partial charge in [0, 0.05) is 30.5 Å². The number of hydrogen-bond donors (Lipinski definition) is 3. The molecule has 0 spiro atoms. The molecule has 0 unspecified atom stereocenters. The highest BCUT2D eigenvalue weighted by molar-refractivity contribution is 7.16. The second kappa shape index (κ2) is 11.0. The average molecular weight is 506 g/mol. The standard InChI is InChI=1S/C26H31N7O2S/c1-17(2)30-21-13-24(31-18-6-7-20-23(12-18)36-16-29-20)28-14-19(21)26-32-22(15-35-26)25(34)27-8-5-11-33-9-3-4-10-33/h6-7,12-17H,3-5,8-11H2,1-2H3,(H,27,34)(H2,28,30,31). The molecular formula is C26H31N7O2S. The molecule has 1 aromatic carbocycles. The number of aromatic nitrogens is 3. The topological polar surface area (TPSA) is 108 Å². The van der Waals surface area contributed by atoms with Crippen LogP contribution in [0.15, 0.2) is 46.7 Å². The first-order valence-corrected chi connectivity index (χ1v) is 13.3. The lowest BCUT2D eigenvalue weighted by molar-refractivity contribution is 0.0947. The molecular weight excluding hydrogens is 474 g/mol. The largest absolute Gasteiger partial charge is 0.443 e. The number of carbonyl (C=O) groups excluding carboxylic acids is 1. The molecule has 4 aromatic rings. The van der Waals surface area contributed by atoms with Crippen molar-refractivity contribution in [2.45, 2.75) is 39.2 Å². The highest BCUT2D eigenvalue weighted by atomic mass is 32.1. The number of oxazole rings is 1. The van der Waals surface area contributed by atoms with E-state index < -0.39 is 0 Å². The van der Waals surface area contributed by atoms with Crippen molar-refractivity contribution in [3.05, 3.63) is 47.9 Å². The maximum atomic E-state index is 12.6. The summed E-state index contributed by atoms with van der Waals surface area (Å²) in [6.45, 7) is 8.08. The molecule has 10 heteroatoms. The lowest BCUT2D eigenvalue weighted by atomic mass is 10.2. The Bertz CT molecular complexity index is 1330. The van der Waals surface area contributed by atoms with Gasteiger partial charge in [-0.2, -0.15) is 0 Å². The van der Waals surface area contributed by atoms with Crippen LogP contribution < -0.4 is 16.0 Å². The van der Waals surface area contributed by atoms with Crippen LogP contribution in [0.4, 0.5) is 17.2 Å². The molecule has 0 atom stereocenters. The molecule has 36 heavy (non-hydrogen) atoms. The van der Waals surface area contributed by atoms with Crippen molar-refractivity contribution in [2.75, 3.05) is 36.8 Å². The summed E-state index contributed by atoms with van der Waals surface area (Å²) in [5, 5.41) is 9.75. The summed E-state index contributed by atoms with van der Waals surface area (Å²) in [7, 11) is 0. The van der Waals surface area contributed by atoms with Crippen molar-refractivity contribution in [1.82, 2.24) is 25.2 Å². The summed E-state index contributed by atoms with van der Waals surface area (Å²) in [6.07, 6.45) is 6.59. The third-order valence-corrected chi connectivity index (χ3v) is 6.85. The summed E-state index contributed by atoms with van der Waals surface area (Å²) in [4.78, 5) is 28.4. The molecule has 0 radical (unpaired) electrons. The van der Waals surface area contributed by atoms with Crippen molar-refractivity contribution < 1.29 is 9.21 Å². The lowest BCUT2D eigenvalue weighted by Crippen LogP contribution is -2.28. The van der Waals surface area contributed by atoms with Crippen molar-refractivity contribution in [3.8, 4) is 11.5 Å². The molecule has 3 N–H and O–H groups in total. The number of hydrogen-bond acceptors (Lipinski definition) is 9. The first-order chi connectivity index (χ1) is 17.5. The van der Waals surface area contributed by atoms with E-state index in [4.69, 9.17) is 4.42 Å². The molecule has 0 bridgehead atoms. The number of thiazole rings is 1. The van der Waals surface area contributed by atoms with Gasteiger partial charge in [0.25, 0.3) is 5.91 Å². The quantitative estimate of drug-likeness (QED) is 0.255. The van der Waals surface area contributed by atoms with E-state index in [1.807, 2.05) is 23.7 Å². The number of rotatable bonds is 10. The van der Waals surface area contributed by atoms with Gasteiger partial charge in [-0.3, -0.25) is 4.79 Å². The van der Waals surface area contributed by atoms with Crippen LogP contribution >= 0.6 is 11.3 Å². The number of nitrogens with one attached hydrogen (secondary N) is 3. The molecule has 5 rings (SSSR count). The summed E-state index contributed by atoms with van der Waals surface area (Å²) in [5.74, 6) is 0.813. The smallest absolute Gasteiger partial charge is 0.273 e. The van der Waals surface area contributed by atoms with Crippen molar-refractivity contribution in [3.63, 3.8) is 0 Å². The van der Waals surface area contributed by atoms with Crippen LogP contribution in [-0.4, -0.2) is 58.0 Å². The molecule has 188 valence electrons. The fourth-order valence-electron chi connectivity index (χ4n) is 4.31. The highest BCUT2D eigenvalue weighted by Gasteiger charge is 2.18. The summed E-state index contributed by atoms with van der Waals surface area (Å²) < 4.78 is 6.80. The Labute approximate surface area is 214 Å². The zero-order valence-corrected chi connectivity index (χ0v) is 21.4. The van der Waals surface area contributed by atoms with E-state index in [1.165, 1.54) is 19.1 Å². The number of nitrogens with zero attached hydrogens (tertiary/aromatic N) is 4. The van der Waals surface area contributed by atoms with Crippen LogP contribution in [0.5, 0.6) is 0 Å². The lowest BCUT2D eigenvalue weighted by Gasteiger charge is -2.15. The molecule has 1 saturated heterocycles. The maximum Gasteiger partial charge on any atom is 0.273 e. The normalized spacial score (nSPS) is 14.0. The van der Waals surface area contributed by atoms with Crippen LogP contribution in [0.1, 0.15) is 43.6 Å². The molecule has 1 aliphatic rings. The number of carbonyl (C=O) groups is 1. The van der Waals surface area contributed by atoms with Gasteiger partial charge in [0.2, 0.25) is 5.89 Å². The Morgan fingerprint density at radius 1 is 1.19 bits per heavy atom. The van der Waals surface area contributed by atoms with Crippen LogP contribution in [-0.2, 0) is 0 Å². The van der Waals surface area contributed by atoms with E-state index in [0.29, 0.717) is 23.8 Å². The Hall–Kier alpha value is -3.50. The third kappa shape index (κ3) is 5.83. The van der Waals surface area contributed by atoms with Crippen LogP contribution in [0.25, 0.3) is 21.7 Å². The van der Waals surface area contributed by atoms with E-state index in [0.717, 1.165) is 47.6 Å². The third-order valence-electron chi connectivity index (χ3n) is 6.05. The molecule has 1 amide bonds. The summed E-state index contributed by atoms with van der Waals surface area (Å²) in [6, 6.07) is 8.14. The van der Waals surface area contributed by atoms with Crippen molar-refractivity contribution >= 4 is 44.7 Å². The minimum atomic E-state index is -0.227. The van der Waals surface area contributed by atoms with E-state index in [1.54, 1.807) is 17.5 Å². The molecule has 4 heterocycles. The zero-order chi connectivity index (χ0) is 24.9. The van der Waals surface area contributed by atoms with Gasteiger partial charge in [0.05, 0.1) is 27.0 Å². The maximum absolute atomic E-state index is 12.6. The predicted molar refractivity (Wildman–Crippen MR) is 144 cm³/mol. The monoisotopic (exact) mass is 505 g/mol. The molecule has 0 aliphatic carbocycles. The minimum Gasteiger partial charge on any atom is -0.443 e. The van der Waals surface area contributed by atoms with Gasteiger partial charge >= 0.3 is 0 Å². The Balaban J connectivity index is 1.27. The predicted octanol–water partition coefficient (Wildman–Crippen LogP) is 5.13. The minimum absolute atomic E-state index is 0.181. The number of anilines is 3. The van der Waals surface area contributed by atoms with Gasteiger partial charge in [0.1, 0.15) is 12.1 Å². The number of benzene rings is 1. The van der Waals surface area contributed by atoms with Crippen molar-refractivity contribution in [1.29, 1.82) is 0 Å². The van der Waals surface area contributed by atoms with E-state index in [9.17, 15) is 4.79 Å². The van der Waals surface area contributed by atoms with Gasteiger partial charge in [-0.25, -0.2) is 15.0 Å². The number of fused-ring (bicyclic) bond motifs is 1. The Morgan fingerprint density at radius 3 is 2.89 bits per heavy atom. The van der Waals surface area contributed by atoms with Crippen LogP contribution in [0.2, 0.25) is 0 Å². The Kier molecular flexibility index (Phi) is 7.43. The molecule has 1 aliphatic heterocycles. The molecule has 3 aromatic heterocycles. The zero-order valence-electron chi connectivity index (χ0n) is 20.6. The van der Waals surface area contributed by atoms with Gasteiger partial charge < -0.3 is 25.3 Å². The van der Waals surface area contributed by atoms with Gasteiger partial charge in [-0.15, -0.1) is 11.3 Å².